The Morgan fingerprint density at radius 1 is 1.42 bits per heavy atom. The molecule has 0 saturated carbocycles. The SMILES string of the molecule is C[Si](C)(C)c1cc2c(s1)C(N)=NC(c1ccco1)C2. The van der Waals surface area contributed by atoms with Crippen LogP contribution >= 0.6 is 11.3 Å². The Labute approximate surface area is 118 Å². The number of thiophene rings is 1. The second kappa shape index (κ2) is 4.35. The van der Waals surface area contributed by atoms with Crippen molar-refractivity contribution in [2.24, 2.45) is 10.7 Å². The average molecular weight is 290 g/mol. The van der Waals surface area contributed by atoms with Crippen molar-refractivity contribution in [1.82, 2.24) is 0 Å². The summed E-state index contributed by atoms with van der Waals surface area (Å²) < 4.78 is 6.96. The van der Waals surface area contributed by atoms with Crippen LogP contribution in [-0.2, 0) is 6.42 Å². The van der Waals surface area contributed by atoms with Gasteiger partial charge in [0.2, 0.25) is 0 Å². The van der Waals surface area contributed by atoms with Crippen LogP contribution < -0.4 is 10.2 Å². The predicted octanol–water partition coefficient (Wildman–Crippen LogP) is 2.89. The molecule has 3 nitrogen and oxygen atoms in total. The van der Waals surface area contributed by atoms with E-state index in [2.05, 4.69) is 30.7 Å². The molecule has 19 heavy (non-hydrogen) atoms. The summed E-state index contributed by atoms with van der Waals surface area (Å²) in [7, 11) is -1.28. The van der Waals surface area contributed by atoms with Crippen molar-refractivity contribution >= 4 is 29.7 Å². The molecule has 0 aliphatic carbocycles. The molecule has 0 radical (unpaired) electrons. The largest absolute Gasteiger partial charge is 0.467 e. The van der Waals surface area contributed by atoms with Gasteiger partial charge in [-0.05, 0) is 28.3 Å². The molecule has 0 amide bonds. The monoisotopic (exact) mass is 290 g/mol. The first-order valence-corrected chi connectivity index (χ1v) is 10.8. The highest BCUT2D eigenvalue weighted by atomic mass is 32.1. The quantitative estimate of drug-likeness (QED) is 0.865. The lowest BCUT2D eigenvalue weighted by Gasteiger charge is -2.16. The summed E-state index contributed by atoms with van der Waals surface area (Å²) in [5, 5.41) is 0. The minimum atomic E-state index is -1.28. The van der Waals surface area contributed by atoms with E-state index in [0.717, 1.165) is 12.2 Å². The number of hydrogen-bond donors (Lipinski definition) is 1. The van der Waals surface area contributed by atoms with Crippen molar-refractivity contribution in [1.29, 1.82) is 0 Å². The maximum atomic E-state index is 6.13. The second-order valence-corrected chi connectivity index (χ2v) is 12.4. The third-order valence-corrected chi connectivity index (χ3v) is 8.14. The van der Waals surface area contributed by atoms with E-state index in [-0.39, 0.29) is 6.04 Å². The van der Waals surface area contributed by atoms with Gasteiger partial charge in [0, 0.05) is 6.42 Å². The Kier molecular flexibility index (Phi) is 2.90. The molecule has 2 aromatic heterocycles. The zero-order valence-corrected chi connectivity index (χ0v) is 13.3. The number of aliphatic imine (C=N–C) groups is 1. The number of hydrogen-bond acceptors (Lipinski definition) is 4. The highest BCUT2D eigenvalue weighted by Gasteiger charge is 2.28. The van der Waals surface area contributed by atoms with Crippen LogP contribution in [-0.4, -0.2) is 13.9 Å². The summed E-state index contributed by atoms with van der Waals surface area (Å²) in [6.45, 7) is 7.09. The van der Waals surface area contributed by atoms with Gasteiger partial charge in [0.05, 0.1) is 19.2 Å². The third kappa shape index (κ3) is 2.28. The molecular weight excluding hydrogens is 272 g/mol. The summed E-state index contributed by atoms with van der Waals surface area (Å²) in [5.41, 5.74) is 7.46. The van der Waals surface area contributed by atoms with Crippen molar-refractivity contribution in [2.45, 2.75) is 32.1 Å². The molecule has 3 rings (SSSR count). The van der Waals surface area contributed by atoms with Crippen LogP contribution in [0.25, 0.3) is 0 Å². The van der Waals surface area contributed by atoms with Crippen LogP contribution in [0, 0.1) is 0 Å². The fourth-order valence-electron chi connectivity index (χ4n) is 2.29. The third-order valence-electron chi connectivity index (χ3n) is 3.36. The molecule has 1 aliphatic heterocycles. The molecule has 0 saturated heterocycles. The lowest BCUT2D eigenvalue weighted by molar-refractivity contribution is 0.464. The van der Waals surface area contributed by atoms with Gasteiger partial charge in [-0.15, -0.1) is 11.3 Å². The summed E-state index contributed by atoms with van der Waals surface area (Å²) in [6.07, 6.45) is 2.59. The summed E-state index contributed by atoms with van der Waals surface area (Å²) in [4.78, 5) is 5.75. The maximum Gasteiger partial charge on any atom is 0.136 e. The predicted molar refractivity (Wildman–Crippen MR) is 83.2 cm³/mol. The maximum absolute atomic E-state index is 6.13. The zero-order chi connectivity index (χ0) is 13.6. The van der Waals surface area contributed by atoms with E-state index < -0.39 is 8.07 Å². The Balaban J connectivity index is 1.99. The molecule has 1 atom stereocenters. The normalized spacial score (nSPS) is 19.1. The van der Waals surface area contributed by atoms with Crippen molar-refractivity contribution in [3.63, 3.8) is 0 Å². The second-order valence-electron chi connectivity index (χ2n) is 5.96. The first kappa shape index (κ1) is 12.7. The average Bonchev–Trinajstić information content (AvgIpc) is 2.96. The standard InChI is InChI=1S/C14H18N2OSSi/c1-19(2,3)12-8-9-7-10(11-5-4-6-17-11)16-14(15)13(9)18-12/h4-6,8,10H,7H2,1-3H3,(H2,15,16). The van der Waals surface area contributed by atoms with Gasteiger partial charge in [0.15, 0.2) is 0 Å². The van der Waals surface area contributed by atoms with Gasteiger partial charge in [0.1, 0.15) is 17.6 Å². The summed E-state index contributed by atoms with van der Waals surface area (Å²) in [5.74, 6) is 1.56. The van der Waals surface area contributed by atoms with Gasteiger partial charge in [-0.25, -0.2) is 0 Å². The van der Waals surface area contributed by atoms with Crippen molar-refractivity contribution in [3.8, 4) is 0 Å². The first-order chi connectivity index (χ1) is 8.95. The molecule has 3 heterocycles. The van der Waals surface area contributed by atoms with Gasteiger partial charge in [-0.1, -0.05) is 19.6 Å². The van der Waals surface area contributed by atoms with Crippen molar-refractivity contribution < 1.29 is 4.42 Å². The molecule has 0 spiro atoms. The molecule has 2 N–H and O–H groups in total. The van der Waals surface area contributed by atoms with Crippen LogP contribution in [0.3, 0.4) is 0 Å². The minimum Gasteiger partial charge on any atom is -0.467 e. The molecule has 100 valence electrons. The van der Waals surface area contributed by atoms with E-state index >= 15 is 0 Å². The fourth-order valence-corrected chi connectivity index (χ4v) is 5.28. The molecule has 5 heteroatoms. The van der Waals surface area contributed by atoms with Gasteiger partial charge in [0.25, 0.3) is 0 Å². The van der Waals surface area contributed by atoms with E-state index in [1.807, 2.05) is 23.5 Å². The fraction of sp³-hybridized carbons (Fsp3) is 0.357. The van der Waals surface area contributed by atoms with E-state index in [0.29, 0.717) is 5.84 Å². The van der Waals surface area contributed by atoms with E-state index in [1.165, 1.54) is 14.9 Å². The van der Waals surface area contributed by atoms with Crippen molar-refractivity contribution in [3.05, 3.63) is 40.7 Å². The van der Waals surface area contributed by atoms with Gasteiger partial charge in [-0.3, -0.25) is 4.99 Å². The van der Waals surface area contributed by atoms with Crippen LogP contribution in [0.5, 0.6) is 0 Å². The minimum absolute atomic E-state index is 0.0339. The molecule has 1 unspecified atom stereocenters. The van der Waals surface area contributed by atoms with Gasteiger partial charge in [-0.2, -0.15) is 0 Å². The van der Waals surface area contributed by atoms with Gasteiger partial charge >= 0.3 is 0 Å². The molecule has 0 bridgehead atoms. The van der Waals surface area contributed by atoms with E-state index in [9.17, 15) is 0 Å². The molecule has 2 aromatic rings. The Morgan fingerprint density at radius 2 is 2.21 bits per heavy atom. The highest BCUT2D eigenvalue weighted by Crippen LogP contribution is 2.31. The molecule has 1 aliphatic rings. The highest BCUT2D eigenvalue weighted by molar-refractivity contribution is 7.27. The van der Waals surface area contributed by atoms with Crippen LogP contribution in [0.15, 0.2) is 33.9 Å². The smallest absolute Gasteiger partial charge is 0.136 e. The topological polar surface area (TPSA) is 51.5 Å². The molecule has 0 fully saturated rings. The first-order valence-electron chi connectivity index (χ1n) is 6.45. The number of furan rings is 1. The van der Waals surface area contributed by atoms with Crippen LogP contribution in [0.4, 0.5) is 0 Å². The number of rotatable bonds is 2. The number of nitrogens with zero attached hydrogens (tertiary/aromatic N) is 1. The van der Waals surface area contributed by atoms with E-state index in [1.54, 1.807) is 6.26 Å². The number of fused-ring (bicyclic) bond motifs is 1. The number of amidine groups is 1. The summed E-state index contributed by atoms with van der Waals surface area (Å²) in [6, 6.07) is 6.24. The Hall–Kier alpha value is -1.33. The summed E-state index contributed by atoms with van der Waals surface area (Å²) >= 11 is 1.82. The van der Waals surface area contributed by atoms with E-state index in [4.69, 9.17) is 10.2 Å². The van der Waals surface area contributed by atoms with Gasteiger partial charge < -0.3 is 10.2 Å². The van der Waals surface area contributed by atoms with Crippen molar-refractivity contribution in [2.75, 3.05) is 0 Å². The Morgan fingerprint density at radius 3 is 2.84 bits per heavy atom. The van der Waals surface area contributed by atoms with Crippen LogP contribution in [0.2, 0.25) is 19.6 Å². The molecular formula is C14H18N2OSSi. The molecule has 0 aromatic carbocycles. The lowest BCUT2D eigenvalue weighted by Crippen LogP contribution is -2.34. The Bertz CT molecular complexity index is 622. The lowest BCUT2D eigenvalue weighted by atomic mass is 10.0. The zero-order valence-electron chi connectivity index (χ0n) is 11.4. The number of nitrogens with two attached hydrogens (primary N) is 1. The van der Waals surface area contributed by atoms with Crippen LogP contribution in [0.1, 0.15) is 22.2 Å².